The number of benzene rings is 1. The molecule has 11 heteroatoms. The fourth-order valence-corrected chi connectivity index (χ4v) is 4.70. The minimum Gasteiger partial charge on any atom is -0.309 e. The summed E-state index contributed by atoms with van der Waals surface area (Å²) >= 11 is 1.39. The molecule has 0 unspecified atom stereocenters. The van der Waals surface area contributed by atoms with Crippen LogP contribution in [-0.4, -0.2) is 42.4 Å². The highest BCUT2D eigenvalue weighted by Crippen LogP contribution is 2.19. The van der Waals surface area contributed by atoms with Crippen LogP contribution in [0, 0.1) is 20.8 Å². The lowest BCUT2D eigenvalue weighted by molar-refractivity contribution is -0.116. The minimum atomic E-state index is -0.135. The number of carbonyl (C=O) groups excluding carboxylic acids is 2. The molecule has 0 spiro atoms. The molecule has 3 aromatic heterocycles. The summed E-state index contributed by atoms with van der Waals surface area (Å²) in [5.74, 6) is 0.193. The number of hydrogen-bond acceptors (Lipinski definition) is 8. The molecule has 3 N–H and O–H groups in total. The molecule has 0 saturated carbocycles. The number of carbonyl (C=O) groups is 2. The third-order valence-electron chi connectivity index (χ3n) is 5.84. The summed E-state index contributed by atoms with van der Waals surface area (Å²) in [4.78, 5) is 24.6. The highest BCUT2D eigenvalue weighted by atomic mass is 32.1. The molecule has 37 heavy (non-hydrogen) atoms. The Hall–Kier alpha value is -3.99. The Labute approximate surface area is 219 Å². The predicted molar refractivity (Wildman–Crippen MR) is 142 cm³/mol. The molecule has 0 aliphatic heterocycles. The Balaban J connectivity index is 1.16. The van der Waals surface area contributed by atoms with E-state index in [1.165, 1.54) is 11.3 Å². The minimum absolute atomic E-state index is 0.119. The number of aromatic nitrogens is 6. The number of nitrogens with zero attached hydrogens (tertiary/aromatic N) is 5. The molecular formula is C26H30N8O2S. The van der Waals surface area contributed by atoms with Gasteiger partial charge in [0.25, 0.3) is 0 Å². The predicted octanol–water partition coefficient (Wildman–Crippen LogP) is 3.90. The van der Waals surface area contributed by atoms with Gasteiger partial charge in [0, 0.05) is 17.7 Å². The van der Waals surface area contributed by atoms with Crippen LogP contribution in [0.3, 0.4) is 0 Å². The van der Waals surface area contributed by atoms with Crippen LogP contribution in [0.1, 0.15) is 51.6 Å². The zero-order valence-corrected chi connectivity index (χ0v) is 22.0. The van der Waals surface area contributed by atoms with E-state index in [1.54, 1.807) is 6.07 Å². The summed E-state index contributed by atoms with van der Waals surface area (Å²) < 4.78 is 0. The lowest BCUT2D eigenvalue weighted by Gasteiger charge is -2.05. The second-order valence-electron chi connectivity index (χ2n) is 8.97. The number of H-pyrrole nitrogens is 1. The summed E-state index contributed by atoms with van der Waals surface area (Å²) in [5.41, 5.74) is 5.58. The van der Waals surface area contributed by atoms with E-state index in [0.717, 1.165) is 64.5 Å². The average Bonchev–Trinajstić information content (AvgIpc) is 3.44. The molecule has 4 aromatic rings. The van der Waals surface area contributed by atoms with Crippen LogP contribution in [0.2, 0.25) is 0 Å². The van der Waals surface area contributed by atoms with Crippen molar-refractivity contribution in [2.45, 2.75) is 59.3 Å². The molecule has 0 aliphatic carbocycles. The van der Waals surface area contributed by atoms with E-state index in [1.807, 2.05) is 51.1 Å². The monoisotopic (exact) mass is 518 g/mol. The first-order valence-electron chi connectivity index (χ1n) is 12.2. The van der Waals surface area contributed by atoms with Gasteiger partial charge in [-0.2, -0.15) is 10.2 Å². The second-order valence-corrected chi connectivity index (χ2v) is 10.0. The summed E-state index contributed by atoms with van der Waals surface area (Å²) in [7, 11) is 0. The molecule has 2 amide bonds. The van der Waals surface area contributed by atoms with E-state index in [2.05, 4.69) is 41.2 Å². The molecule has 0 fully saturated rings. The van der Waals surface area contributed by atoms with E-state index in [4.69, 9.17) is 0 Å². The summed E-state index contributed by atoms with van der Waals surface area (Å²) in [6.45, 7) is 5.78. The Morgan fingerprint density at radius 3 is 2.43 bits per heavy atom. The van der Waals surface area contributed by atoms with Crippen LogP contribution >= 0.6 is 11.3 Å². The van der Waals surface area contributed by atoms with Crippen molar-refractivity contribution in [3.63, 3.8) is 0 Å². The first kappa shape index (κ1) is 26.1. The van der Waals surface area contributed by atoms with Crippen LogP contribution in [-0.2, 0) is 35.3 Å². The van der Waals surface area contributed by atoms with Gasteiger partial charge in [0.15, 0.2) is 5.82 Å². The maximum atomic E-state index is 12.3. The molecule has 1 aromatic carbocycles. The Bertz CT molecular complexity index is 1340. The first-order chi connectivity index (χ1) is 17.9. The van der Waals surface area contributed by atoms with Crippen LogP contribution in [0.25, 0.3) is 0 Å². The Morgan fingerprint density at radius 2 is 1.70 bits per heavy atom. The number of rotatable bonds is 11. The molecule has 192 valence electrons. The molecule has 10 nitrogen and oxygen atoms in total. The number of unbranched alkanes of at least 4 members (excludes halogenated alkanes) is 1. The van der Waals surface area contributed by atoms with Gasteiger partial charge in [-0.25, -0.2) is 0 Å². The van der Waals surface area contributed by atoms with Crippen molar-refractivity contribution in [1.29, 1.82) is 0 Å². The average molecular weight is 519 g/mol. The lowest BCUT2D eigenvalue weighted by Crippen LogP contribution is -2.16. The molecular weight excluding hydrogens is 488 g/mol. The lowest BCUT2D eigenvalue weighted by atomic mass is 10.1. The fraction of sp³-hybridized carbons (Fsp3) is 0.346. The van der Waals surface area contributed by atoms with Crippen molar-refractivity contribution in [3.05, 3.63) is 75.2 Å². The number of hydrogen-bond donors (Lipinski definition) is 3. The van der Waals surface area contributed by atoms with Crippen LogP contribution in [0.4, 0.5) is 10.9 Å². The largest absolute Gasteiger partial charge is 0.309 e. The highest BCUT2D eigenvalue weighted by molar-refractivity contribution is 7.15. The normalized spacial score (nSPS) is 10.9. The topological polar surface area (TPSA) is 138 Å². The molecule has 0 radical (unpaired) electrons. The summed E-state index contributed by atoms with van der Waals surface area (Å²) in [6.07, 6.45) is 3.91. The number of aryl methyl sites for hydroxylation is 5. The number of nitrogens with one attached hydrogen (secondary N) is 3. The van der Waals surface area contributed by atoms with Crippen LogP contribution < -0.4 is 10.6 Å². The van der Waals surface area contributed by atoms with Crippen molar-refractivity contribution in [3.8, 4) is 0 Å². The van der Waals surface area contributed by atoms with Gasteiger partial charge in [0.05, 0.1) is 24.2 Å². The third-order valence-corrected chi connectivity index (χ3v) is 6.74. The van der Waals surface area contributed by atoms with Crippen LogP contribution in [0.15, 0.2) is 36.4 Å². The molecule has 0 aliphatic rings. The van der Waals surface area contributed by atoms with E-state index in [0.29, 0.717) is 17.4 Å². The molecule has 0 atom stereocenters. The van der Waals surface area contributed by atoms with Crippen molar-refractivity contribution < 1.29 is 9.59 Å². The molecule has 3 heterocycles. The highest BCUT2D eigenvalue weighted by Gasteiger charge is 2.14. The van der Waals surface area contributed by atoms with Gasteiger partial charge in [-0.1, -0.05) is 41.2 Å². The summed E-state index contributed by atoms with van der Waals surface area (Å²) in [6, 6.07) is 11.5. The maximum Gasteiger partial charge on any atom is 0.230 e. The zero-order chi connectivity index (χ0) is 26.2. The van der Waals surface area contributed by atoms with Crippen LogP contribution in [0.5, 0.6) is 0 Å². The summed E-state index contributed by atoms with van der Waals surface area (Å²) in [5, 5.41) is 30.7. The quantitative estimate of drug-likeness (QED) is 0.256. The number of anilines is 2. The van der Waals surface area contributed by atoms with E-state index in [-0.39, 0.29) is 18.2 Å². The van der Waals surface area contributed by atoms with Gasteiger partial charge >= 0.3 is 0 Å². The molecule has 0 saturated heterocycles. The first-order valence-corrected chi connectivity index (χ1v) is 13.0. The fourth-order valence-electron chi connectivity index (χ4n) is 3.90. The van der Waals surface area contributed by atoms with Gasteiger partial charge in [0.2, 0.25) is 16.9 Å². The zero-order valence-electron chi connectivity index (χ0n) is 21.2. The van der Waals surface area contributed by atoms with Gasteiger partial charge in [0.1, 0.15) is 5.01 Å². The van der Waals surface area contributed by atoms with Crippen molar-refractivity contribution in [1.82, 2.24) is 30.6 Å². The van der Waals surface area contributed by atoms with Crippen molar-refractivity contribution in [2.24, 2.45) is 0 Å². The van der Waals surface area contributed by atoms with Gasteiger partial charge < -0.3 is 10.6 Å². The Morgan fingerprint density at radius 1 is 0.892 bits per heavy atom. The molecule has 4 rings (SSSR count). The molecule has 0 bridgehead atoms. The SMILES string of the molecule is Cc1cccc(CC(=O)Nc2ccc(CCCCc3nnc(NC(=O)Cc4c(C)n[nH]c4C)s3)nn2)c1. The van der Waals surface area contributed by atoms with E-state index in [9.17, 15) is 9.59 Å². The Kier molecular flexibility index (Phi) is 8.68. The van der Waals surface area contributed by atoms with Gasteiger partial charge in [-0.3, -0.25) is 14.7 Å². The third kappa shape index (κ3) is 7.74. The number of amides is 2. The van der Waals surface area contributed by atoms with Crippen molar-refractivity contribution in [2.75, 3.05) is 10.6 Å². The maximum absolute atomic E-state index is 12.3. The smallest absolute Gasteiger partial charge is 0.230 e. The standard InChI is InChI=1S/C26H30N8O2S/c1-16-7-6-8-19(13-16)14-23(35)27-22-12-11-20(31-32-22)9-4-5-10-25-33-34-26(37-25)28-24(36)15-21-17(2)29-30-18(21)3/h6-8,11-13H,4-5,9-10,14-15H2,1-3H3,(H,29,30)(H,27,32,35)(H,28,34,36). The van der Waals surface area contributed by atoms with Gasteiger partial charge in [-0.05, 0) is 57.7 Å². The van der Waals surface area contributed by atoms with E-state index >= 15 is 0 Å². The van der Waals surface area contributed by atoms with E-state index < -0.39 is 0 Å². The van der Waals surface area contributed by atoms with Crippen molar-refractivity contribution >= 4 is 34.1 Å². The van der Waals surface area contributed by atoms with Gasteiger partial charge in [-0.15, -0.1) is 15.3 Å². The number of aromatic amines is 1. The second kappa shape index (κ2) is 12.3.